The fraction of sp³-hybridized carbons (Fsp3) is 0.500. The highest BCUT2D eigenvalue weighted by Crippen LogP contribution is 2.39. The van der Waals surface area contributed by atoms with Crippen LogP contribution >= 0.6 is 0 Å². The quantitative estimate of drug-likeness (QED) is 0.669. The lowest BCUT2D eigenvalue weighted by molar-refractivity contribution is -0.0166. The molecule has 0 saturated heterocycles. The van der Waals surface area contributed by atoms with Crippen molar-refractivity contribution in [2.75, 3.05) is 0 Å². The van der Waals surface area contributed by atoms with Crippen molar-refractivity contribution in [3.05, 3.63) is 52.9 Å². The number of nitrogens with zero attached hydrogens (tertiary/aromatic N) is 3. The van der Waals surface area contributed by atoms with Crippen molar-refractivity contribution >= 4 is 11.0 Å². The van der Waals surface area contributed by atoms with Gasteiger partial charge in [0, 0.05) is 12.6 Å². The summed E-state index contributed by atoms with van der Waals surface area (Å²) >= 11 is 0. The summed E-state index contributed by atoms with van der Waals surface area (Å²) in [6.45, 7) is 3.85. The molecule has 2 N–H and O–H groups in total. The van der Waals surface area contributed by atoms with Gasteiger partial charge in [-0.25, -0.2) is 14.4 Å². The van der Waals surface area contributed by atoms with E-state index in [2.05, 4.69) is 29.0 Å². The van der Waals surface area contributed by atoms with Crippen LogP contribution in [0.25, 0.3) is 11.0 Å². The minimum Gasteiger partial charge on any atom is -0.487 e. The van der Waals surface area contributed by atoms with Gasteiger partial charge in [-0.15, -0.1) is 0 Å². The Morgan fingerprint density at radius 3 is 2.77 bits per heavy atom. The predicted octanol–water partition coefficient (Wildman–Crippen LogP) is 3.43. The smallest absolute Gasteiger partial charge is 0.152 e. The Kier molecular flexibility index (Phi) is 5.18. The van der Waals surface area contributed by atoms with E-state index in [0.29, 0.717) is 23.1 Å². The van der Waals surface area contributed by atoms with E-state index in [0.717, 1.165) is 31.4 Å². The van der Waals surface area contributed by atoms with Crippen molar-refractivity contribution < 1.29 is 19.3 Å². The van der Waals surface area contributed by atoms with Crippen molar-refractivity contribution in [1.82, 2.24) is 14.5 Å². The van der Waals surface area contributed by atoms with Crippen LogP contribution in [0.4, 0.5) is 4.39 Å². The molecule has 7 heteroatoms. The highest BCUT2D eigenvalue weighted by atomic mass is 19.1. The van der Waals surface area contributed by atoms with Gasteiger partial charge >= 0.3 is 0 Å². The number of hydrogen-bond donors (Lipinski definition) is 2. The van der Waals surface area contributed by atoms with Crippen LogP contribution < -0.4 is 4.74 Å². The summed E-state index contributed by atoms with van der Waals surface area (Å²) in [5.74, 6) is 0.386. The zero-order valence-electron chi connectivity index (χ0n) is 17.9. The van der Waals surface area contributed by atoms with Gasteiger partial charge in [-0.3, -0.25) is 0 Å². The average Bonchev–Trinajstić information content (AvgIpc) is 3.25. The summed E-state index contributed by atoms with van der Waals surface area (Å²) in [6.07, 6.45) is 5.59. The molecule has 0 radical (unpaired) electrons. The minimum absolute atomic E-state index is 0.346. The second kappa shape index (κ2) is 7.88. The molecule has 6 nitrogen and oxygen atoms in total. The van der Waals surface area contributed by atoms with E-state index >= 15 is 0 Å². The molecule has 0 aliphatic heterocycles. The molecular weight excluding hydrogens is 397 g/mol. The SMILES string of the molecule is CCc1cc2c(c(OC3CC(n4cc(F)c5c(C)ncnc54)[C@H](O)[C@@H]3O)c1)CCCC2. The third kappa shape index (κ3) is 3.40. The average molecular weight is 426 g/mol. The summed E-state index contributed by atoms with van der Waals surface area (Å²) in [7, 11) is 0. The summed E-state index contributed by atoms with van der Waals surface area (Å²) in [5, 5.41) is 22.0. The maximum absolute atomic E-state index is 14.6. The maximum atomic E-state index is 14.6. The second-order valence-electron chi connectivity index (χ2n) is 8.77. The third-order valence-corrected chi connectivity index (χ3v) is 6.88. The molecule has 2 heterocycles. The van der Waals surface area contributed by atoms with Crippen LogP contribution in [-0.4, -0.2) is 43.1 Å². The summed E-state index contributed by atoms with van der Waals surface area (Å²) in [4.78, 5) is 8.30. The van der Waals surface area contributed by atoms with Crippen LogP contribution in [0.2, 0.25) is 0 Å². The minimum atomic E-state index is -1.08. The van der Waals surface area contributed by atoms with E-state index in [1.54, 1.807) is 11.5 Å². The molecule has 0 bridgehead atoms. The summed E-state index contributed by atoms with van der Waals surface area (Å²) in [5.41, 5.74) is 4.73. The van der Waals surface area contributed by atoms with Crippen LogP contribution in [-0.2, 0) is 19.3 Å². The number of aromatic nitrogens is 3. The Hall–Kier alpha value is -2.51. The molecular formula is C24H28FN3O3. The van der Waals surface area contributed by atoms with Gasteiger partial charge in [-0.1, -0.05) is 13.0 Å². The summed E-state index contributed by atoms with van der Waals surface area (Å²) in [6, 6.07) is 3.80. The second-order valence-corrected chi connectivity index (χ2v) is 8.77. The fourth-order valence-electron chi connectivity index (χ4n) is 5.16. The zero-order valence-corrected chi connectivity index (χ0v) is 17.9. The number of fused-ring (bicyclic) bond motifs is 2. The fourth-order valence-corrected chi connectivity index (χ4v) is 5.16. The van der Waals surface area contributed by atoms with Gasteiger partial charge in [0.05, 0.1) is 17.1 Å². The van der Waals surface area contributed by atoms with Crippen molar-refractivity contribution in [2.45, 2.75) is 76.7 Å². The van der Waals surface area contributed by atoms with Crippen LogP contribution in [0.15, 0.2) is 24.7 Å². The first-order valence-electron chi connectivity index (χ1n) is 11.1. The molecule has 0 amide bonds. The topological polar surface area (TPSA) is 80.4 Å². The standard InChI is InChI=1S/C24H28FN3O3/c1-3-14-8-15-6-4-5-7-16(15)19(9-14)31-20-10-18(22(29)23(20)30)28-11-17(25)21-13(2)26-12-27-24(21)28/h8-9,11-12,18,20,22-23,29-30H,3-7,10H2,1-2H3/t18?,20?,22-,23+/m0/s1. The lowest BCUT2D eigenvalue weighted by atomic mass is 9.89. The van der Waals surface area contributed by atoms with E-state index in [4.69, 9.17) is 4.74 Å². The van der Waals surface area contributed by atoms with Crippen molar-refractivity contribution in [3.63, 3.8) is 0 Å². The highest BCUT2D eigenvalue weighted by molar-refractivity contribution is 5.79. The lowest BCUT2D eigenvalue weighted by Gasteiger charge is -2.25. The van der Waals surface area contributed by atoms with E-state index in [1.807, 2.05) is 0 Å². The molecule has 3 aromatic rings. The number of hydrogen-bond acceptors (Lipinski definition) is 5. The molecule has 2 aromatic heterocycles. The Morgan fingerprint density at radius 2 is 1.97 bits per heavy atom. The van der Waals surface area contributed by atoms with Gasteiger partial charge < -0.3 is 19.5 Å². The maximum Gasteiger partial charge on any atom is 0.152 e. The third-order valence-electron chi connectivity index (χ3n) is 6.88. The van der Waals surface area contributed by atoms with E-state index in [9.17, 15) is 14.6 Å². The molecule has 1 saturated carbocycles. The van der Waals surface area contributed by atoms with Crippen LogP contribution in [0.5, 0.6) is 5.75 Å². The molecule has 4 atom stereocenters. The monoisotopic (exact) mass is 425 g/mol. The highest BCUT2D eigenvalue weighted by Gasteiger charge is 2.45. The zero-order chi connectivity index (χ0) is 21.7. The largest absolute Gasteiger partial charge is 0.487 e. The van der Waals surface area contributed by atoms with Gasteiger partial charge in [-0.2, -0.15) is 0 Å². The van der Waals surface area contributed by atoms with Gasteiger partial charge in [0.15, 0.2) is 5.82 Å². The van der Waals surface area contributed by atoms with Gasteiger partial charge in [0.2, 0.25) is 0 Å². The van der Waals surface area contributed by atoms with Crippen molar-refractivity contribution in [1.29, 1.82) is 0 Å². The Balaban J connectivity index is 1.47. The van der Waals surface area contributed by atoms with E-state index in [-0.39, 0.29) is 0 Å². The summed E-state index contributed by atoms with van der Waals surface area (Å²) < 4.78 is 22.5. The Bertz CT molecular complexity index is 1130. The molecule has 1 aromatic carbocycles. The molecule has 5 rings (SSSR count). The number of aryl methyl sites for hydroxylation is 3. The molecule has 2 aliphatic carbocycles. The molecule has 31 heavy (non-hydrogen) atoms. The molecule has 1 fully saturated rings. The predicted molar refractivity (Wildman–Crippen MR) is 115 cm³/mol. The number of rotatable bonds is 4. The van der Waals surface area contributed by atoms with Crippen LogP contribution in [0, 0.1) is 12.7 Å². The molecule has 2 aliphatic rings. The number of aliphatic hydroxyl groups is 2. The van der Waals surface area contributed by atoms with Gasteiger partial charge in [-0.05, 0) is 61.8 Å². The molecule has 2 unspecified atom stereocenters. The molecule has 164 valence electrons. The number of ether oxygens (including phenoxy) is 1. The van der Waals surface area contributed by atoms with E-state index < -0.39 is 30.2 Å². The first-order chi connectivity index (χ1) is 15.0. The number of benzene rings is 1. The Morgan fingerprint density at radius 1 is 1.16 bits per heavy atom. The normalized spacial score (nSPS) is 25.7. The first-order valence-corrected chi connectivity index (χ1v) is 11.1. The van der Waals surface area contributed by atoms with Gasteiger partial charge in [0.25, 0.3) is 0 Å². The number of aliphatic hydroxyl groups excluding tert-OH is 2. The van der Waals surface area contributed by atoms with Crippen molar-refractivity contribution in [3.8, 4) is 5.75 Å². The Labute approximate surface area is 180 Å². The lowest BCUT2D eigenvalue weighted by Crippen LogP contribution is -2.34. The first kappa shape index (κ1) is 20.4. The van der Waals surface area contributed by atoms with Crippen molar-refractivity contribution in [2.24, 2.45) is 0 Å². The molecule has 0 spiro atoms. The van der Waals surface area contributed by atoms with Crippen LogP contribution in [0.1, 0.15) is 54.6 Å². The van der Waals surface area contributed by atoms with E-state index in [1.165, 1.54) is 35.6 Å². The number of halogens is 1. The van der Waals surface area contributed by atoms with Crippen LogP contribution in [0.3, 0.4) is 0 Å². The van der Waals surface area contributed by atoms with Gasteiger partial charge in [0.1, 0.15) is 36.0 Å².